The van der Waals surface area contributed by atoms with Crippen LogP contribution >= 0.6 is 69.6 Å². The highest BCUT2D eigenvalue weighted by atomic mass is 35.5. The number of anilines is 1. The number of phenolic OH excluding ortho intramolecular Hbond substituents is 1. The molecule has 0 saturated carbocycles. The first-order valence-corrected chi connectivity index (χ1v) is 10.0. The molecule has 0 aliphatic rings. The molecule has 0 spiro atoms. The number of carbonyl (C=O) groups excluding carboxylic acids is 1. The molecule has 0 aromatic heterocycles. The summed E-state index contributed by atoms with van der Waals surface area (Å²) in [4.78, 5) is 12.7. The molecule has 0 fully saturated rings. The van der Waals surface area contributed by atoms with E-state index in [1.807, 2.05) is 0 Å². The summed E-state index contributed by atoms with van der Waals surface area (Å²) in [6.07, 6.45) is 0. The van der Waals surface area contributed by atoms with Gasteiger partial charge >= 0.3 is 0 Å². The van der Waals surface area contributed by atoms with Gasteiger partial charge in [0.2, 0.25) is 0 Å². The monoisotopic (exact) mass is 509 g/mol. The van der Waals surface area contributed by atoms with Crippen molar-refractivity contribution in [3.63, 3.8) is 0 Å². The minimum Gasteiger partial charge on any atom is -0.506 e. The molecule has 1 amide bonds. The molecule has 150 valence electrons. The summed E-state index contributed by atoms with van der Waals surface area (Å²) in [5.74, 6) is -0.659. The lowest BCUT2D eigenvalue weighted by molar-refractivity contribution is 0.102. The highest BCUT2D eigenvalue weighted by molar-refractivity contribution is 6.43. The Hall–Kier alpha value is -1.53. The number of phenols is 1. The van der Waals surface area contributed by atoms with E-state index in [9.17, 15) is 9.90 Å². The number of ether oxygens (including phenoxy) is 1. The minimum absolute atomic E-state index is 0.0622. The predicted octanol–water partition coefficient (Wildman–Crippen LogP) is 8.36. The van der Waals surface area contributed by atoms with Crippen LogP contribution in [0.2, 0.25) is 30.1 Å². The van der Waals surface area contributed by atoms with Crippen LogP contribution in [0.25, 0.3) is 0 Å². The third kappa shape index (κ3) is 5.15. The van der Waals surface area contributed by atoms with Gasteiger partial charge in [0.15, 0.2) is 5.75 Å². The predicted molar refractivity (Wildman–Crippen MR) is 119 cm³/mol. The van der Waals surface area contributed by atoms with Crippen molar-refractivity contribution in [3.8, 4) is 17.2 Å². The second-order valence-electron chi connectivity index (χ2n) is 5.68. The van der Waals surface area contributed by atoms with Gasteiger partial charge in [0.05, 0.1) is 31.3 Å². The Labute approximate surface area is 195 Å². The van der Waals surface area contributed by atoms with Crippen LogP contribution in [0.3, 0.4) is 0 Å². The largest absolute Gasteiger partial charge is 0.506 e. The van der Waals surface area contributed by atoms with Crippen molar-refractivity contribution in [1.82, 2.24) is 0 Å². The van der Waals surface area contributed by atoms with Crippen LogP contribution in [-0.4, -0.2) is 11.0 Å². The van der Waals surface area contributed by atoms with Crippen LogP contribution in [0.1, 0.15) is 10.4 Å². The average molecular weight is 512 g/mol. The molecule has 0 saturated heterocycles. The van der Waals surface area contributed by atoms with Gasteiger partial charge in [-0.1, -0.05) is 69.6 Å². The zero-order chi connectivity index (χ0) is 21.3. The topological polar surface area (TPSA) is 58.6 Å². The van der Waals surface area contributed by atoms with Gasteiger partial charge in [0.25, 0.3) is 5.91 Å². The lowest BCUT2D eigenvalue weighted by Crippen LogP contribution is -2.13. The standard InChI is InChI=1S/C19H9Cl6NO3/c20-8-1-2-16(29-17-7-12(23)11(22)6-13(17)24)15(5-8)26-19(28)10-3-9(21)4-14(25)18(10)27/h1-7,27H,(H,26,28). The first-order chi connectivity index (χ1) is 13.7. The summed E-state index contributed by atoms with van der Waals surface area (Å²) in [6, 6.07) is 10.0. The maximum atomic E-state index is 12.7. The number of hydrogen-bond donors (Lipinski definition) is 2. The van der Waals surface area contributed by atoms with Crippen LogP contribution < -0.4 is 10.1 Å². The number of halogens is 6. The Morgan fingerprint density at radius 2 is 1.45 bits per heavy atom. The zero-order valence-electron chi connectivity index (χ0n) is 14.1. The van der Waals surface area contributed by atoms with Crippen molar-refractivity contribution >= 4 is 81.2 Å². The highest BCUT2D eigenvalue weighted by Crippen LogP contribution is 2.40. The van der Waals surface area contributed by atoms with Gasteiger partial charge in [-0.15, -0.1) is 0 Å². The van der Waals surface area contributed by atoms with E-state index in [-0.39, 0.29) is 47.9 Å². The van der Waals surface area contributed by atoms with E-state index >= 15 is 0 Å². The van der Waals surface area contributed by atoms with Crippen LogP contribution in [-0.2, 0) is 0 Å². The van der Waals surface area contributed by atoms with Gasteiger partial charge in [-0.3, -0.25) is 4.79 Å². The fourth-order valence-electron chi connectivity index (χ4n) is 2.32. The lowest BCUT2D eigenvalue weighted by atomic mass is 10.1. The first kappa shape index (κ1) is 22.2. The number of hydrogen-bond acceptors (Lipinski definition) is 3. The summed E-state index contributed by atoms with van der Waals surface area (Å²) in [5.41, 5.74) is 0.0844. The fourth-order valence-corrected chi connectivity index (χ4v) is 3.56. The van der Waals surface area contributed by atoms with E-state index in [1.54, 1.807) is 6.07 Å². The summed E-state index contributed by atoms with van der Waals surface area (Å²) >= 11 is 35.9. The second kappa shape index (κ2) is 9.09. The molecule has 0 heterocycles. The van der Waals surface area contributed by atoms with Crippen LogP contribution in [0.5, 0.6) is 17.2 Å². The SMILES string of the molecule is O=C(Nc1cc(Cl)ccc1Oc1cc(Cl)c(Cl)cc1Cl)c1cc(Cl)cc(Cl)c1O. The number of aromatic hydroxyl groups is 1. The van der Waals surface area contributed by atoms with Gasteiger partial charge in [-0.2, -0.15) is 0 Å². The molecule has 3 rings (SSSR count). The summed E-state index contributed by atoms with van der Waals surface area (Å²) in [6.45, 7) is 0. The Morgan fingerprint density at radius 1 is 0.759 bits per heavy atom. The Morgan fingerprint density at radius 3 is 2.17 bits per heavy atom. The summed E-state index contributed by atoms with van der Waals surface area (Å²) in [5, 5.41) is 13.8. The average Bonchev–Trinajstić information content (AvgIpc) is 2.64. The maximum Gasteiger partial charge on any atom is 0.259 e. The summed E-state index contributed by atoms with van der Waals surface area (Å²) in [7, 11) is 0. The molecule has 0 unspecified atom stereocenters. The molecule has 0 radical (unpaired) electrons. The molecule has 10 heteroatoms. The van der Waals surface area contributed by atoms with Gasteiger partial charge in [0, 0.05) is 16.1 Å². The van der Waals surface area contributed by atoms with E-state index in [0.29, 0.717) is 5.02 Å². The molecule has 0 aliphatic heterocycles. The third-order valence-electron chi connectivity index (χ3n) is 3.66. The molecule has 2 N–H and O–H groups in total. The number of rotatable bonds is 4. The summed E-state index contributed by atoms with van der Waals surface area (Å²) < 4.78 is 5.78. The second-order valence-corrected chi connectivity index (χ2v) is 8.18. The van der Waals surface area contributed by atoms with Crippen molar-refractivity contribution in [1.29, 1.82) is 0 Å². The van der Waals surface area contributed by atoms with Crippen LogP contribution in [0.15, 0.2) is 42.5 Å². The Balaban J connectivity index is 1.96. The van der Waals surface area contributed by atoms with Crippen LogP contribution in [0, 0.1) is 0 Å². The van der Waals surface area contributed by atoms with Crippen molar-refractivity contribution in [3.05, 3.63) is 78.2 Å². The van der Waals surface area contributed by atoms with E-state index in [2.05, 4.69) is 5.32 Å². The fraction of sp³-hybridized carbons (Fsp3) is 0. The van der Waals surface area contributed by atoms with Crippen LogP contribution in [0.4, 0.5) is 5.69 Å². The Bertz CT molecular complexity index is 1120. The normalized spacial score (nSPS) is 10.7. The molecule has 0 bridgehead atoms. The zero-order valence-corrected chi connectivity index (χ0v) is 18.6. The van der Waals surface area contributed by atoms with E-state index in [1.165, 1.54) is 36.4 Å². The molecule has 3 aromatic rings. The lowest BCUT2D eigenvalue weighted by Gasteiger charge is -2.15. The van der Waals surface area contributed by atoms with E-state index < -0.39 is 11.7 Å². The van der Waals surface area contributed by atoms with Crippen molar-refractivity contribution < 1.29 is 14.6 Å². The van der Waals surface area contributed by atoms with Gasteiger partial charge in [-0.05, 0) is 36.4 Å². The van der Waals surface area contributed by atoms with Crippen molar-refractivity contribution in [2.45, 2.75) is 0 Å². The highest BCUT2D eigenvalue weighted by Gasteiger charge is 2.18. The number of nitrogens with one attached hydrogen (secondary N) is 1. The van der Waals surface area contributed by atoms with Gasteiger partial charge in [-0.25, -0.2) is 0 Å². The van der Waals surface area contributed by atoms with E-state index in [4.69, 9.17) is 74.3 Å². The molecule has 0 aliphatic carbocycles. The quantitative estimate of drug-likeness (QED) is 0.346. The third-order valence-corrected chi connectivity index (χ3v) is 5.42. The molecule has 3 aromatic carbocycles. The number of carbonyl (C=O) groups is 1. The molecule has 4 nitrogen and oxygen atoms in total. The number of benzene rings is 3. The maximum absolute atomic E-state index is 12.7. The Kier molecular flexibility index (Phi) is 6.94. The van der Waals surface area contributed by atoms with E-state index in [0.717, 1.165) is 0 Å². The van der Waals surface area contributed by atoms with Gasteiger partial charge in [0.1, 0.15) is 11.5 Å². The van der Waals surface area contributed by atoms with Gasteiger partial charge < -0.3 is 15.2 Å². The molecular weight excluding hydrogens is 503 g/mol. The minimum atomic E-state index is -0.681. The molecular formula is C19H9Cl6NO3. The first-order valence-electron chi connectivity index (χ1n) is 7.77. The smallest absolute Gasteiger partial charge is 0.259 e. The van der Waals surface area contributed by atoms with Crippen molar-refractivity contribution in [2.75, 3.05) is 5.32 Å². The molecule has 29 heavy (non-hydrogen) atoms. The number of amides is 1. The van der Waals surface area contributed by atoms with Crippen molar-refractivity contribution in [2.24, 2.45) is 0 Å². The molecule has 0 atom stereocenters.